The van der Waals surface area contributed by atoms with Crippen molar-refractivity contribution in [1.29, 1.82) is 0 Å². The second-order valence-electron chi connectivity index (χ2n) is 6.40. The Labute approximate surface area is 140 Å². The molecule has 1 aliphatic rings. The number of nitrogens with one attached hydrogen (secondary N) is 1. The van der Waals surface area contributed by atoms with E-state index in [1.54, 1.807) is 0 Å². The van der Waals surface area contributed by atoms with Crippen LogP contribution in [0.4, 0.5) is 4.79 Å². The van der Waals surface area contributed by atoms with E-state index in [-0.39, 0.29) is 12.1 Å². The van der Waals surface area contributed by atoms with Gasteiger partial charge in [0.25, 0.3) is 0 Å². The molecule has 2 rings (SSSR count). The molecular formula is C19H30N2O2. The molecule has 1 unspecified atom stereocenters. The number of amides is 2. The molecule has 0 bridgehead atoms. The van der Waals surface area contributed by atoms with Crippen LogP contribution in [0.3, 0.4) is 0 Å². The van der Waals surface area contributed by atoms with Crippen LogP contribution in [0.25, 0.3) is 0 Å². The highest BCUT2D eigenvalue weighted by atomic mass is 16.5. The number of carbonyl (C=O) groups is 1. The number of hydrogen-bond acceptors (Lipinski definition) is 2. The van der Waals surface area contributed by atoms with Gasteiger partial charge in [0.2, 0.25) is 0 Å². The number of aryl methyl sites for hydroxylation is 1. The second-order valence-corrected chi connectivity index (χ2v) is 6.40. The van der Waals surface area contributed by atoms with E-state index in [1.807, 2.05) is 4.90 Å². The van der Waals surface area contributed by atoms with Gasteiger partial charge in [-0.25, -0.2) is 4.79 Å². The van der Waals surface area contributed by atoms with Gasteiger partial charge in [0.05, 0.1) is 6.10 Å². The van der Waals surface area contributed by atoms with Gasteiger partial charge in [-0.3, -0.25) is 0 Å². The minimum absolute atomic E-state index is 0.0353. The van der Waals surface area contributed by atoms with Crippen LogP contribution < -0.4 is 5.32 Å². The first-order valence-electron chi connectivity index (χ1n) is 8.89. The lowest BCUT2D eigenvalue weighted by molar-refractivity contribution is 0.000734. The Morgan fingerprint density at radius 3 is 2.74 bits per heavy atom. The van der Waals surface area contributed by atoms with Crippen LogP contribution in [0.5, 0.6) is 0 Å². The number of hydrogen-bond donors (Lipinski definition) is 1. The Morgan fingerprint density at radius 1 is 1.30 bits per heavy atom. The summed E-state index contributed by atoms with van der Waals surface area (Å²) in [6.45, 7) is 7.20. The number of ether oxygens (including phenoxy) is 1. The molecule has 1 N–H and O–H groups in total. The molecule has 1 aromatic carbocycles. The molecule has 2 amide bonds. The van der Waals surface area contributed by atoms with Crippen LogP contribution in [0, 0.1) is 6.92 Å². The second kappa shape index (κ2) is 9.56. The van der Waals surface area contributed by atoms with Crippen LogP contribution >= 0.6 is 0 Å². The van der Waals surface area contributed by atoms with E-state index in [0.29, 0.717) is 13.1 Å². The number of rotatable bonds is 7. The zero-order chi connectivity index (χ0) is 16.5. The minimum Gasteiger partial charge on any atom is -0.376 e. The van der Waals surface area contributed by atoms with Gasteiger partial charge in [0, 0.05) is 26.2 Å². The molecule has 0 saturated carbocycles. The van der Waals surface area contributed by atoms with Crippen molar-refractivity contribution >= 4 is 6.03 Å². The average molecular weight is 318 g/mol. The Morgan fingerprint density at radius 2 is 2.09 bits per heavy atom. The number of carbonyl (C=O) groups excluding carboxylic acids is 1. The van der Waals surface area contributed by atoms with Crippen molar-refractivity contribution in [2.75, 3.05) is 26.2 Å². The third-order valence-corrected chi connectivity index (χ3v) is 4.29. The molecule has 0 aromatic heterocycles. The summed E-state index contributed by atoms with van der Waals surface area (Å²) in [6.07, 6.45) is 5.46. The van der Waals surface area contributed by atoms with Crippen LogP contribution in [0.1, 0.15) is 43.7 Å². The third-order valence-electron chi connectivity index (χ3n) is 4.29. The summed E-state index contributed by atoms with van der Waals surface area (Å²) in [5.74, 6) is 0. The summed E-state index contributed by atoms with van der Waals surface area (Å²) in [5.41, 5.74) is 2.52. The van der Waals surface area contributed by atoms with Crippen LogP contribution in [0.15, 0.2) is 24.3 Å². The lowest BCUT2D eigenvalue weighted by atomic mass is 10.1. The summed E-state index contributed by atoms with van der Waals surface area (Å²) in [4.78, 5) is 14.3. The SMILES string of the molecule is CCCN(CC1CCCCO1)C(=O)NCCc1ccc(C)cc1. The normalized spacial score (nSPS) is 17.7. The molecule has 1 saturated heterocycles. The first kappa shape index (κ1) is 17.8. The maximum Gasteiger partial charge on any atom is 0.317 e. The van der Waals surface area contributed by atoms with E-state index in [1.165, 1.54) is 17.5 Å². The largest absolute Gasteiger partial charge is 0.376 e. The van der Waals surface area contributed by atoms with Crippen molar-refractivity contribution in [3.8, 4) is 0 Å². The van der Waals surface area contributed by atoms with Gasteiger partial charge in [-0.1, -0.05) is 36.8 Å². The molecular weight excluding hydrogens is 288 g/mol. The number of nitrogens with zero attached hydrogens (tertiary/aromatic N) is 1. The van der Waals surface area contributed by atoms with Crippen LogP contribution in [-0.4, -0.2) is 43.3 Å². The van der Waals surface area contributed by atoms with E-state index in [4.69, 9.17) is 4.74 Å². The zero-order valence-electron chi connectivity index (χ0n) is 14.5. The lowest BCUT2D eigenvalue weighted by Gasteiger charge is -2.30. The summed E-state index contributed by atoms with van der Waals surface area (Å²) in [6, 6.07) is 8.51. The first-order chi connectivity index (χ1) is 11.2. The topological polar surface area (TPSA) is 41.6 Å². The summed E-state index contributed by atoms with van der Waals surface area (Å²) < 4.78 is 5.77. The molecule has 1 atom stereocenters. The Hall–Kier alpha value is -1.55. The fraction of sp³-hybridized carbons (Fsp3) is 0.632. The highest BCUT2D eigenvalue weighted by Gasteiger charge is 2.20. The summed E-state index contributed by atoms with van der Waals surface area (Å²) >= 11 is 0. The van der Waals surface area contributed by atoms with Gasteiger partial charge in [-0.15, -0.1) is 0 Å². The molecule has 0 aliphatic carbocycles. The van der Waals surface area contributed by atoms with Gasteiger partial charge >= 0.3 is 6.03 Å². The highest BCUT2D eigenvalue weighted by molar-refractivity contribution is 5.74. The fourth-order valence-corrected chi connectivity index (χ4v) is 2.92. The molecule has 4 heteroatoms. The van der Waals surface area contributed by atoms with E-state index in [0.717, 1.165) is 38.8 Å². The van der Waals surface area contributed by atoms with Crippen LogP contribution in [-0.2, 0) is 11.2 Å². The van der Waals surface area contributed by atoms with Crippen molar-refractivity contribution in [3.63, 3.8) is 0 Å². The van der Waals surface area contributed by atoms with Gasteiger partial charge in [-0.05, 0) is 44.6 Å². The van der Waals surface area contributed by atoms with Crippen molar-refractivity contribution in [1.82, 2.24) is 10.2 Å². The van der Waals surface area contributed by atoms with Gasteiger partial charge < -0.3 is 15.0 Å². The van der Waals surface area contributed by atoms with Crippen molar-refractivity contribution in [2.24, 2.45) is 0 Å². The highest BCUT2D eigenvalue weighted by Crippen LogP contribution is 2.14. The Kier molecular flexibility index (Phi) is 7.40. The average Bonchev–Trinajstić information content (AvgIpc) is 2.57. The molecule has 0 spiro atoms. The van der Waals surface area contributed by atoms with E-state index >= 15 is 0 Å². The van der Waals surface area contributed by atoms with E-state index in [9.17, 15) is 4.79 Å². The van der Waals surface area contributed by atoms with Gasteiger partial charge in [0.15, 0.2) is 0 Å². The van der Waals surface area contributed by atoms with Crippen LogP contribution in [0.2, 0.25) is 0 Å². The van der Waals surface area contributed by atoms with Crippen molar-refractivity contribution < 1.29 is 9.53 Å². The maximum absolute atomic E-state index is 12.4. The number of benzene rings is 1. The lowest BCUT2D eigenvalue weighted by Crippen LogP contribution is -2.45. The monoisotopic (exact) mass is 318 g/mol. The predicted molar refractivity (Wildman–Crippen MR) is 93.7 cm³/mol. The Balaban J connectivity index is 1.76. The molecule has 0 radical (unpaired) electrons. The smallest absolute Gasteiger partial charge is 0.317 e. The maximum atomic E-state index is 12.4. The van der Waals surface area contributed by atoms with Crippen molar-refractivity contribution in [3.05, 3.63) is 35.4 Å². The third kappa shape index (κ3) is 6.22. The Bertz CT molecular complexity index is 467. The van der Waals surface area contributed by atoms with Crippen molar-refractivity contribution in [2.45, 2.75) is 52.1 Å². The fourth-order valence-electron chi connectivity index (χ4n) is 2.92. The van der Waals surface area contributed by atoms with Gasteiger partial charge in [0.1, 0.15) is 0 Å². The summed E-state index contributed by atoms with van der Waals surface area (Å²) in [7, 11) is 0. The quantitative estimate of drug-likeness (QED) is 0.835. The minimum atomic E-state index is 0.0353. The molecule has 1 aliphatic heterocycles. The van der Waals surface area contributed by atoms with E-state index in [2.05, 4.69) is 43.4 Å². The predicted octanol–water partition coefficient (Wildman–Crippen LogP) is 3.53. The van der Waals surface area contributed by atoms with E-state index < -0.39 is 0 Å². The molecule has 128 valence electrons. The molecule has 23 heavy (non-hydrogen) atoms. The molecule has 1 heterocycles. The molecule has 1 fully saturated rings. The van der Waals surface area contributed by atoms with Gasteiger partial charge in [-0.2, -0.15) is 0 Å². The molecule has 4 nitrogen and oxygen atoms in total. The molecule has 1 aromatic rings. The first-order valence-corrected chi connectivity index (χ1v) is 8.89. The standard InChI is InChI=1S/C19H30N2O2/c1-3-13-21(15-18-6-4-5-14-23-18)19(22)20-12-11-17-9-7-16(2)8-10-17/h7-10,18H,3-6,11-15H2,1-2H3,(H,20,22). The zero-order valence-corrected chi connectivity index (χ0v) is 14.5. The number of urea groups is 1. The summed E-state index contributed by atoms with van der Waals surface area (Å²) in [5, 5.41) is 3.05.